The van der Waals surface area contributed by atoms with E-state index >= 15 is 0 Å². The van der Waals surface area contributed by atoms with Crippen LogP contribution in [0, 0.1) is 15.9 Å². The summed E-state index contributed by atoms with van der Waals surface area (Å²) >= 11 is 0. The number of aliphatic hydroxyl groups excluding tert-OH is 1. The van der Waals surface area contributed by atoms with Gasteiger partial charge in [0.05, 0.1) is 17.6 Å². The van der Waals surface area contributed by atoms with Gasteiger partial charge < -0.3 is 15.2 Å². The Bertz CT molecular complexity index is 739. The number of halogens is 1. The highest BCUT2D eigenvalue weighted by atomic mass is 19.1. The first-order chi connectivity index (χ1) is 11.9. The second-order valence-corrected chi connectivity index (χ2v) is 5.58. The van der Waals surface area contributed by atoms with E-state index in [2.05, 4.69) is 5.32 Å². The molecule has 2 aromatic carbocycles. The SMILES string of the molecule is CCOc1ccc(C(C)NCC(O)c2ccccc2F)cc1[N+](=O)[O-]. The Morgan fingerprint density at radius 2 is 2.04 bits per heavy atom. The van der Waals surface area contributed by atoms with Crippen LogP contribution < -0.4 is 10.1 Å². The van der Waals surface area contributed by atoms with Crippen LogP contribution in [-0.4, -0.2) is 23.2 Å². The van der Waals surface area contributed by atoms with Crippen molar-refractivity contribution >= 4 is 5.69 Å². The molecule has 0 aromatic heterocycles. The molecule has 0 aliphatic rings. The van der Waals surface area contributed by atoms with Crippen molar-refractivity contribution in [2.24, 2.45) is 0 Å². The maximum Gasteiger partial charge on any atom is 0.311 e. The fourth-order valence-electron chi connectivity index (χ4n) is 2.49. The number of nitrogens with zero attached hydrogens (tertiary/aromatic N) is 1. The lowest BCUT2D eigenvalue weighted by atomic mass is 10.1. The molecule has 0 saturated heterocycles. The summed E-state index contributed by atoms with van der Waals surface area (Å²) in [6.07, 6.45) is -1.01. The number of nitrogens with one attached hydrogen (secondary N) is 1. The average molecular weight is 348 g/mol. The molecular weight excluding hydrogens is 327 g/mol. The van der Waals surface area contributed by atoms with Crippen molar-refractivity contribution in [2.75, 3.05) is 13.2 Å². The summed E-state index contributed by atoms with van der Waals surface area (Å²) in [4.78, 5) is 10.7. The molecule has 0 radical (unpaired) electrons. The van der Waals surface area contributed by atoms with Crippen molar-refractivity contribution in [3.63, 3.8) is 0 Å². The molecule has 0 bridgehead atoms. The van der Waals surface area contributed by atoms with Gasteiger partial charge in [0.1, 0.15) is 5.82 Å². The van der Waals surface area contributed by atoms with Gasteiger partial charge in [-0.05, 0) is 31.5 Å². The number of benzene rings is 2. The monoisotopic (exact) mass is 348 g/mol. The standard InChI is InChI=1S/C18H21FN2O4/c1-3-25-18-9-8-13(10-16(18)21(23)24)12(2)20-11-17(22)14-6-4-5-7-15(14)19/h4-10,12,17,20,22H,3,11H2,1-2H3. The minimum Gasteiger partial charge on any atom is -0.487 e. The van der Waals surface area contributed by atoms with Gasteiger partial charge in [0.2, 0.25) is 0 Å². The van der Waals surface area contributed by atoms with Crippen LogP contribution in [0.15, 0.2) is 42.5 Å². The summed E-state index contributed by atoms with van der Waals surface area (Å²) in [5.41, 5.74) is 0.776. The molecule has 0 amide bonds. The van der Waals surface area contributed by atoms with Crippen LogP contribution in [0.1, 0.15) is 37.1 Å². The van der Waals surface area contributed by atoms with Gasteiger partial charge in [-0.2, -0.15) is 0 Å². The zero-order valence-electron chi connectivity index (χ0n) is 14.1. The quantitative estimate of drug-likeness (QED) is 0.563. The van der Waals surface area contributed by atoms with Crippen LogP contribution in [0.4, 0.5) is 10.1 Å². The van der Waals surface area contributed by atoms with Crippen molar-refractivity contribution in [1.82, 2.24) is 5.32 Å². The number of nitro benzene ring substituents is 1. The van der Waals surface area contributed by atoms with Crippen molar-refractivity contribution in [1.29, 1.82) is 0 Å². The Morgan fingerprint density at radius 3 is 2.68 bits per heavy atom. The fraction of sp³-hybridized carbons (Fsp3) is 0.333. The topological polar surface area (TPSA) is 84.6 Å². The van der Waals surface area contributed by atoms with Crippen molar-refractivity contribution in [3.8, 4) is 5.75 Å². The van der Waals surface area contributed by atoms with E-state index < -0.39 is 16.8 Å². The molecule has 2 atom stereocenters. The molecule has 2 aromatic rings. The summed E-state index contributed by atoms with van der Waals surface area (Å²) in [5.74, 6) is -0.254. The van der Waals surface area contributed by atoms with E-state index in [1.165, 1.54) is 18.2 Å². The predicted molar refractivity (Wildman–Crippen MR) is 92.0 cm³/mol. The molecule has 0 saturated carbocycles. The van der Waals surface area contributed by atoms with Crippen molar-refractivity contribution in [2.45, 2.75) is 26.0 Å². The van der Waals surface area contributed by atoms with Gasteiger partial charge >= 0.3 is 5.69 Å². The number of rotatable bonds is 8. The molecular formula is C18H21FN2O4. The summed E-state index contributed by atoms with van der Waals surface area (Å²) < 4.78 is 18.9. The second kappa shape index (κ2) is 8.55. The second-order valence-electron chi connectivity index (χ2n) is 5.58. The minimum absolute atomic E-state index is 0.109. The lowest BCUT2D eigenvalue weighted by Crippen LogP contribution is -2.25. The molecule has 0 fully saturated rings. The first-order valence-corrected chi connectivity index (χ1v) is 8.01. The van der Waals surface area contributed by atoms with E-state index in [1.807, 2.05) is 6.92 Å². The lowest BCUT2D eigenvalue weighted by molar-refractivity contribution is -0.385. The summed E-state index contributed by atoms with van der Waals surface area (Å²) in [5, 5.41) is 24.4. The molecule has 0 heterocycles. The minimum atomic E-state index is -1.01. The highest BCUT2D eigenvalue weighted by Gasteiger charge is 2.19. The van der Waals surface area contributed by atoms with Crippen LogP contribution in [0.3, 0.4) is 0 Å². The number of aliphatic hydroxyl groups is 1. The van der Waals surface area contributed by atoms with Gasteiger partial charge in [-0.3, -0.25) is 10.1 Å². The van der Waals surface area contributed by atoms with E-state index in [0.29, 0.717) is 12.2 Å². The third-order valence-corrected chi connectivity index (χ3v) is 3.86. The zero-order chi connectivity index (χ0) is 18.4. The fourth-order valence-corrected chi connectivity index (χ4v) is 2.49. The van der Waals surface area contributed by atoms with E-state index in [0.717, 1.165) is 0 Å². The third kappa shape index (κ3) is 4.74. The molecule has 2 rings (SSSR count). The zero-order valence-corrected chi connectivity index (χ0v) is 14.1. The number of nitro groups is 1. The normalized spacial score (nSPS) is 13.3. The molecule has 6 nitrogen and oxygen atoms in total. The van der Waals surface area contributed by atoms with Gasteiger partial charge in [-0.25, -0.2) is 4.39 Å². The molecule has 25 heavy (non-hydrogen) atoms. The van der Waals surface area contributed by atoms with Crippen molar-refractivity contribution < 1.29 is 19.2 Å². The predicted octanol–water partition coefficient (Wildman–Crippen LogP) is 3.52. The van der Waals surface area contributed by atoms with Crippen LogP contribution in [0.5, 0.6) is 5.75 Å². The maximum absolute atomic E-state index is 13.7. The van der Waals surface area contributed by atoms with Crippen LogP contribution in [0.25, 0.3) is 0 Å². The summed E-state index contributed by atoms with van der Waals surface area (Å²) in [6, 6.07) is 10.5. The molecule has 134 valence electrons. The number of ether oxygens (including phenoxy) is 1. The van der Waals surface area contributed by atoms with Crippen LogP contribution in [0.2, 0.25) is 0 Å². The Balaban J connectivity index is 2.08. The summed E-state index contributed by atoms with van der Waals surface area (Å²) in [6.45, 7) is 4.02. The third-order valence-electron chi connectivity index (χ3n) is 3.86. The Morgan fingerprint density at radius 1 is 1.32 bits per heavy atom. The molecule has 2 unspecified atom stereocenters. The molecule has 0 aliphatic heterocycles. The number of hydrogen-bond donors (Lipinski definition) is 2. The average Bonchev–Trinajstić information content (AvgIpc) is 2.60. The molecule has 0 spiro atoms. The Hall–Kier alpha value is -2.51. The van der Waals surface area contributed by atoms with Gasteiger partial charge in [-0.1, -0.05) is 24.3 Å². The van der Waals surface area contributed by atoms with Gasteiger partial charge in [-0.15, -0.1) is 0 Å². The van der Waals surface area contributed by atoms with Gasteiger partial charge in [0, 0.05) is 24.2 Å². The van der Waals surface area contributed by atoms with E-state index in [1.54, 1.807) is 31.2 Å². The molecule has 7 heteroatoms. The largest absolute Gasteiger partial charge is 0.487 e. The summed E-state index contributed by atoms with van der Waals surface area (Å²) in [7, 11) is 0. The number of hydrogen-bond acceptors (Lipinski definition) is 5. The van der Waals surface area contributed by atoms with E-state index in [4.69, 9.17) is 4.74 Å². The lowest BCUT2D eigenvalue weighted by Gasteiger charge is -2.18. The van der Waals surface area contributed by atoms with Gasteiger partial charge in [0.15, 0.2) is 5.75 Å². The molecule has 0 aliphatic carbocycles. The highest BCUT2D eigenvalue weighted by molar-refractivity contribution is 5.49. The molecule has 2 N–H and O–H groups in total. The smallest absolute Gasteiger partial charge is 0.311 e. The van der Waals surface area contributed by atoms with E-state index in [9.17, 15) is 19.6 Å². The van der Waals surface area contributed by atoms with Crippen LogP contribution in [-0.2, 0) is 0 Å². The maximum atomic E-state index is 13.7. The first-order valence-electron chi connectivity index (χ1n) is 8.01. The van der Waals surface area contributed by atoms with Crippen molar-refractivity contribution in [3.05, 3.63) is 69.5 Å². The van der Waals surface area contributed by atoms with Gasteiger partial charge in [0.25, 0.3) is 0 Å². The van der Waals surface area contributed by atoms with E-state index in [-0.39, 0.29) is 29.6 Å². The van der Waals surface area contributed by atoms with Crippen LogP contribution >= 0.6 is 0 Å². The first kappa shape index (κ1) is 18.8. The Labute approximate surface area is 145 Å². The highest BCUT2D eigenvalue weighted by Crippen LogP contribution is 2.30. The Kier molecular flexibility index (Phi) is 6.44.